The minimum atomic E-state index is -1.11. The highest BCUT2D eigenvalue weighted by Crippen LogP contribution is 2.15. The van der Waals surface area contributed by atoms with Crippen LogP contribution in [-0.4, -0.2) is 35.7 Å². The Morgan fingerprint density at radius 2 is 1.52 bits per heavy atom. The van der Waals surface area contributed by atoms with Gasteiger partial charge in [-0.25, -0.2) is 10.2 Å². The van der Waals surface area contributed by atoms with E-state index in [1.807, 2.05) is 18.2 Å². The SMILES string of the molecule is O=C(O)COc1ccccc1/C=N/NC(=O)/C(=C/c1ccccc1)NC(=O)c1ccccc1. The van der Waals surface area contributed by atoms with Crippen molar-refractivity contribution in [2.75, 3.05) is 6.61 Å². The summed E-state index contributed by atoms with van der Waals surface area (Å²) in [6.45, 7) is -0.507. The van der Waals surface area contributed by atoms with Crippen LogP contribution in [-0.2, 0) is 9.59 Å². The van der Waals surface area contributed by atoms with Crippen LogP contribution in [0.5, 0.6) is 5.75 Å². The molecule has 2 amide bonds. The first-order chi connectivity index (χ1) is 16.0. The molecular weight excluding hydrogens is 422 g/mol. The van der Waals surface area contributed by atoms with E-state index >= 15 is 0 Å². The van der Waals surface area contributed by atoms with Crippen molar-refractivity contribution in [1.29, 1.82) is 0 Å². The van der Waals surface area contributed by atoms with Gasteiger partial charge in [0.25, 0.3) is 11.8 Å². The molecule has 0 aliphatic rings. The average Bonchev–Trinajstić information content (AvgIpc) is 2.84. The molecule has 0 aromatic heterocycles. The zero-order valence-electron chi connectivity index (χ0n) is 17.5. The Hall–Kier alpha value is -4.72. The van der Waals surface area contributed by atoms with E-state index in [1.54, 1.807) is 66.7 Å². The minimum Gasteiger partial charge on any atom is -0.481 e. The van der Waals surface area contributed by atoms with Gasteiger partial charge < -0.3 is 15.2 Å². The number of hydrogen-bond donors (Lipinski definition) is 3. The second-order valence-electron chi connectivity index (χ2n) is 6.71. The molecule has 33 heavy (non-hydrogen) atoms. The Balaban J connectivity index is 1.76. The molecule has 0 heterocycles. The Morgan fingerprint density at radius 3 is 2.21 bits per heavy atom. The number of carboxylic acids is 1. The third-order valence-electron chi connectivity index (χ3n) is 4.28. The van der Waals surface area contributed by atoms with E-state index in [2.05, 4.69) is 15.8 Å². The predicted molar refractivity (Wildman–Crippen MR) is 124 cm³/mol. The number of para-hydroxylation sites is 1. The van der Waals surface area contributed by atoms with Gasteiger partial charge in [-0.05, 0) is 35.9 Å². The van der Waals surface area contributed by atoms with Crippen molar-refractivity contribution in [1.82, 2.24) is 10.7 Å². The highest BCUT2D eigenvalue weighted by molar-refractivity contribution is 6.05. The van der Waals surface area contributed by atoms with Crippen LogP contribution >= 0.6 is 0 Å². The van der Waals surface area contributed by atoms with E-state index in [0.29, 0.717) is 22.4 Å². The van der Waals surface area contributed by atoms with Gasteiger partial charge >= 0.3 is 5.97 Å². The summed E-state index contributed by atoms with van der Waals surface area (Å²) in [6, 6.07) is 24.2. The smallest absolute Gasteiger partial charge is 0.341 e. The largest absolute Gasteiger partial charge is 0.481 e. The van der Waals surface area contributed by atoms with Crippen molar-refractivity contribution < 1.29 is 24.2 Å². The number of nitrogens with one attached hydrogen (secondary N) is 2. The molecular formula is C25H21N3O5. The van der Waals surface area contributed by atoms with Crippen LogP contribution in [0.15, 0.2) is 95.7 Å². The number of hydrazone groups is 1. The third kappa shape index (κ3) is 7.18. The lowest BCUT2D eigenvalue weighted by Gasteiger charge is -2.09. The van der Waals surface area contributed by atoms with Gasteiger partial charge in [-0.15, -0.1) is 0 Å². The van der Waals surface area contributed by atoms with Crippen molar-refractivity contribution in [2.45, 2.75) is 0 Å². The van der Waals surface area contributed by atoms with Crippen molar-refractivity contribution in [3.63, 3.8) is 0 Å². The molecule has 0 unspecified atom stereocenters. The summed E-state index contributed by atoms with van der Waals surface area (Å²) in [4.78, 5) is 36.1. The van der Waals surface area contributed by atoms with Gasteiger partial charge in [-0.3, -0.25) is 9.59 Å². The van der Waals surface area contributed by atoms with Crippen molar-refractivity contribution in [3.8, 4) is 5.75 Å². The fraction of sp³-hybridized carbons (Fsp3) is 0.0400. The maximum atomic E-state index is 12.8. The van der Waals surface area contributed by atoms with Crippen molar-refractivity contribution in [2.24, 2.45) is 5.10 Å². The molecule has 3 N–H and O–H groups in total. The molecule has 0 fully saturated rings. The van der Waals surface area contributed by atoms with Crippen LogP contribution in [0.25, 0.3) is 6.08 Å². The third-order valence-corrected chi connectivity index (χ3v) is 4.28. The monoisotopic (exact) mass is 443 g/mol. The Labute approximate surface area is 190 Å². The second kappa shape index (κ2) is 11.6. The zero-order valence-corrected chi connectivity index (χ0v) is 17.5. The molecule has 0 atom stereocenters. The highest BCUT2D eigenvalue weighted by Gasteiger charge is 2.14. The van der Waals surface area contributed by atoms with Gasteiger partial charge in [0.1, 0.15) is 11.4 Å². The fourth-order valence-corrected chi connectivity index (χ4v) is 2.74. The lowest BCUT2D eigenvalue weighted by atomic mass is 10.1. The van der Waals surface area contributed by atoms with Crippen molar-refractivity contribution in [3.05, 3.63) is 107 Å². The van der Waals surface area contributed by atoms with E-state index in [-0.39, 0.29) is 5.70 Å². The molecule has 0 saturated carbocycles. The molecule has 8 nitrogen and oxygen atoms in total. The molecule has 8 heteroatoms. The molecule has 3 aromatic rings. The van der Waals surface area contributed by atoms with E-state index in [4.69, 9.17) is 9.84 Å². The molecule has 0 aliphatic carbocycles. The van der Waals surface area contributed by atoms with Gasteiger partial charge in [0, 0.05) is 11.1 Å². The van der Waals surface area contributed by atoms with E-state index in [0.717, 1.165) is 0 Å². The van der Waals surface area contributed by atoms with Gasteiger partial charge in [0.05, 0.1) is 6.21 Å². The molecule has 0 bridgehead atoms. The number of hydrogen-bond acceptors (Lipinski definition) is 5. The van der Waals surface area contributed by atoms with Crippen LogP contribution in [0.3, 0.4) is 0 Å². The van der Waals surface area contributed by atoms with E-state index in [1.165, 1.54) is 12.3 Å². The maximum absolute atomic E-state index is 12.8. The number of nitrogens with zero attached hydrogens (tertiary/aromatic N) is 1. The van der Waals surface area contributed by atoms with Crippen LogP contribution < -0.4 is 15.5 Å². The number of aliphatic carboxylic acids is 1. The number of ether oxygens (including phenoxy) is 1. The molecule has 3 aromatic carbocycles. The second-order valence-corrected chi connectivity index (χ2v) is 6.71. The summed E-state index contributed by atoms with van der Waals surface area (Å²) in [7, 11) is 0. The first-order valence-electron chi connectivity index (χ1n) is 9.93. The molecule has 0 radical (unpaired) electrons. The standard InChI is InChI=1S/C25H21N3O5/c29-23(30)17-33-22-14-8-7-13-20(22)16-26-28-25(32)21(15-18-9-3-1-4-10-18)27-24(31)19-11-5-2-6-12-19/h1-16H,17H2,(H,27,31)(H,28,32)(H,29,30)/b21-15-,26-16+. The molecule has 0 aliphatic heterocycles. The highest BCUT2D eigenvalue weighted by atomic mass is 16.5. The zero-order chi connectivity index (χ0) is 23.5. The lowest BCUT2D eigenvalue weighted by molar-refractivity contribution is -0.139. The molecule has 166 valence electrons. The number of carboxylic acid groups (broad SMARTS) is 1. The van der Waals surface area contributed by atoms with Crippen LogP contribution in [0.1, 0.15) is 21.5 Å². The molecule has 0 saturated heterocycles. The average molecular weight is 443 g/mol. The van der Waals surface area contributed by atoms with Crippen LogP contribution in [0, 0.1) is 0 Å². The lowest BCUT2D eigenvalue weighted by Crippen LogP contribution is -2.32. The Kier molecular flexibility index (Phi) is 8.08. The number of rotatable bonds is 9. The summed E-state index contributed by atoms with van der Waals surface area (Å²) in [5, 5.41) is 15.3. The summed E-state index contributed by atoms with van der Waals surface area (Å²) in [5.41, 5.74) is 3.97. The topological polar surface area (TPSA) is 117 Å². The summed E-state index contributed by atoms with van der Waals surface area (Å²) < 4.78 is 5.21. The number of carbonyl (C=O) groups is 3. The van der Waals surface area contributed by atoms with E-state index < -0.39 is 24.4 Å². The van der Waals surface area contributed by atoms with E-state index in [9.17, 15) is 14.4 Å². The summed E-state index contributed by atoms with van der Waals surface area (Å²) >= 11 is 0. The summed E-state index contributed by atoms with van der Waals surface area (Å²) in [6.07, 6.45) is 2.86. The molecule has 3 rings (SSSR count). The Morgan fingerprint density at radius 1 is 0.879 bits per heavy atom. The van der Waals surface area contributed by atoms with Crippen molar-refractivity contribution >= 4 is 30.1 Å². The van der Waals surface area contributed by atoms with Gasteiger partial charge in [-0.1, -0.05) is 60.7 Å². The maximum Gasteiger partial charge on any atom is 0.341 e. The van der Waals surface area contributed by atoms with Gasteiger partial charge in [0.15, 0.2) is 6.61 Å². The molecule has 0 spiro atoms. The first kappa shape index (κ1) is 23.0. The number of amides is 2. The van der Waals surface area contributed by atoms with Gasteiger partial charge in [-0.2, -0.15) is 5.10 Å². The quantitative estimate of drug-likeness (QED) is 0.267. The number of carbonyl (C=O) groups excluding carboxylic acids is 2. The minimum absolute atomic E-state index is 0.00242. The normalized spacial score (nSPS) is 11.1. The first-order valence-corrected chi connectivity index (χ1v) is 9.93. The van der Waals surface area contributed by atoms with Crippen LogP contribution in [0.4, 0.5) is 0 Å². The summed E-state index contributed by atoms with van der Waals surface area (Å²) in [5.74, 6) is -1.89. The number of benzene rings is 3. The Bertz CT molecular complexity index is 1170. The predicted octanol–water partition coefficient (Wildman–Crippen LogP) is 3.07. The fourth-order valence-electron chi connectivity index (χ4n) is 2.74. The van der Waals surface area contributed by atoms with Crippen LogP contribution in [0.2, 0.25) is 0 Å². The van der Waals surface area contributed by atoms with Gasteiger partial charge in [0.2, 0.25) is 0 Å².